The average molecular weight is 334 g/mol. The molecule has 0 aromatic heterocycles. The van der Waals surface area contributed by atoms with Crippen molar-refractivity contribution in [2.45, 2.75) is 18.3 Å². The largest absolute Gasteiger partial charge is 0.614 e. The summed E-state index contributed by atoms with van der Waals surface area (Å²) in [5.74, 6) is -2.16. The number of benzene rings is 1. The lowest BCUT2D eigenvalue weighted by molar-refractivity contribution is -0.149. The first-order valence-electron chi connectivity index (χ1n) is 6.91. The van der Waals surface area contributed by atoms with Crippen LogP contribution < -0.4 is 5.32 Å². The number of nitrogens with one attached hydrogen (secondary N) is 1. The zero-order chi connectivity index (χ0) is 16.7. The predicted molar refractivity (Wildman–Crippen MR) is 81.7 cm³/mol. The van der Waals surface area contributed by atoms with Crippen LogP contribution in [0.3, 0.4) is 0 Å². The second kappa shape index (κ2) is 5.71. The lowest BCUT2D eigenvalue weighted by Crippen LogP contribution is -2.74. The molecule has 1 saturated heterocycles. The highest BCUT2D eigenvalue weighted by Gasteiger charge is 2.60. The molecule has 2 amide bonds. The number of fused-ring (bicyclic) bond motifs is 1. The summed E-state index contributed by atoms with van der Waals surface area (Å²) in [5.41, 5.74) is 0.642. The van der Waals surface area contributed by atoms with Crippen molar-refractivity contribution in [1.29, 1.82) is 0 Å². The summed E-state index contributed by atoms with van der Waals surface area (Å²) < 4.78 is 12.2. The van der Waals surface area contributed by atoms with Crippen LogP contribution in [0.25, 0.3) is 0 Å². The maximum Gasteiger partial charge on any atom is 0.352 e. The molecule has 0 saturated carbocycles. The maximum absolute atomic E-state index is 12.2. The van der Waals surface area contributed by atoms with Crippen molar-refractivity contribution >= 4 is 29.0 Å². The topological polar surface area (TPSA) is 110 Å². The Morgan fingerprint density at radius 3 is 2.61 bits per heavy atom. The summed E-state index contributed by atoms with van der Waals surface area (Å²) in [7, 11) is 0. The van der Waals surface area contributed by atoms with E-state index in [1.54, 1.807) is 37.3 Å². The molecule has 1 aromatic carbocycles. The Hall–Kier alpha value is -2.32. The van der Waals surface area contributed by atoms with Gasteiger partial charge < -0.3 is 15.0 Å². The standard InChI is InChI=1S/C15H14N2O5S/c1-8-7-23(22)14-10(13(19)17(14)11(8)15(20)21)16-12(18)9-5-3-2-4-6-9/h2-6,10,14H,7H2,1H3,(H,16,18)(H,20,21)/t10?,14-,23?/m0/s1. The molecule has 120 valence electrons. The first-order valence-corrected chi connectivity index (χ1v) is 8.29. The Kier molecular flexibility index (Phi) is 3.87. The van der Waals surface area contributed by atoms with Crippen LogP contribution in [0.4, 0.5) is 0 Å². The second-order valence-electron chi connectivity index (χ2n) is 5.38. The fraction of sp³-hybridized carbons (Fsp3) is 0.267. The molecule has 2 N–H and O–H groups in total. The Morgan fingerprint density at radius 2 is 2.00 bits per heavy atom. The monoisotopic (exact) mass is 334 g/mol. The minimum absolute atomic E-state index is 0.0772. The van der Waals surface area contributed by atoms with E-state index in [4.69, 9.17) is 0 Å². The van der Waals surface area contributed by atoms with Gasteiger partial charge in [0.05, 0.1) is 0 Å². The molecule has 0 radical (unpaired) electrons. The number of β-lactam (4-membered cyclic amide) rings is 1. The maximum atomic E-state index is 12.2. The zero-order valence-electron chi connectivity index (χ0n) is 12.2. The van der Waals surface area contributed by atoms with Crippen LogP contribution in [-0.2, 0) is 20.8 Å². The molecule has 0 aliphatic carbocycles. The van der Waals surface area contributed by atoms with Crippen LogP contribution in [0, 0.1) is 0 Å². The van der Waals surface area contributed by atoms with Crippen molar-refractivity contribution < 1.29 is 24.0 Å². The van der Waals surface area contributed by atoms with Crippen LogP contribution >= 0.6 is 0 Å². The van der Waals surface area contributed by atoms with Gasteiger partial charge in [0.25, 0.3) is 11.8 Å². The summed E-state index contributed by atoms with van der Waals surface area (Å²) in [6.07, 6.45) is 0. The predicted octanol–water partition coefficient (Wildman–Crippen LogP) is 0.0742. The van der Waals surface area contributed by atoms with E-state index < -0.39 is 40.4 Å². The van der Waals surface area contributed by atoms with Gasteiger partial charge in [-0.15, -0.1) is 0 Å². The fourth-order valence-corrected chi connectivity index (χ4v) is 4.44. The van der Waals surface area contributed by atoms with Gasteiger partial charge in [-0.3, -0.25) is 14.5 Å². The van der Waals surface area contributed by atoms with Gasteiger partial charge >= 0.3 is 5.97 Å². The number of carbonyl (C=O) groups is 3. The van der Waals surface area contributed by atoms with Gasteiger partial charge in [0, 0.05) is 11.1 Å². The molecule has 0 spiro atoms. The van der Waals surface area contributed by atoms with Crippen LogP contribution in [0.5, 0.6) is 0 Å². The molecule has 2 heterocycles. The molecule has 3 atom stereocenters. The van der Waals surface area contributed by atoms with E-state index in [2.05, 4.69) is 5.32 Å². The van der Waals surface area contributed by atoms with Gasteiger partial charge in [0.1, 0.15) is 11.4 Å². The van der Waals surface area contributed by atoms with Crippen LogP contribution in [-0.4, -0.2) is 49.5 Å². The molecule has 7 nitrogen and oxygen atoms in total. The summed E-state index contributed by atoms with van der Waals surface area (Å²) in [5, 5.41) is 11.0. The molecule has 1 fully saturated rings. The smallest absolute Gasteiger partial charge is 0.352 e. The van der Waals surface area contributed by atoms with Gasteiger partial charge in [-0.25, -0.2) is 4.79 Å². The lowest BCUT2D eigenvalue weighted by Gasteiger charge is -2.48. The van der Waals surface area contributed by atoms with Gasteiger partial charge in [-0.2, -0.15) is 0 Å². The quantitative estimate of drug-likeness (QED) is 0.601. The second-order valence-corrected chi connectivity index (χ2v) is 6.91. The van der Waals surface area contributed by atoms with E-state index in [0.29, 0.717) is 11.1 Å². The van der Waals surface area contributed by atoms with Crippen molar-refractivity contribution in [1.82, 2.24) is 10.2 Å². The molecule has 2 aliphatic heterocycles. The molecule has 3 rings (SSSR count). The number of hydrogen-bond acceptors (Lipinski definition) is 4. The van der Waals surface area contributed by atoms with Crippen molar-refractivity contribution in [3.05, 3.63) is 47.2 Å². The Bertz CT molecular complexity index is 718. The molecule has 8 heteroatoms. The Morgan fingerprint density at radius 1 is 1.35 bits per heavy atom. The van der Waals surface area contributed by atoms with Crippen LogP contribution in [0.15, 0.2) is 41.6 Å². The minimum Gasteiger partial charge on any atom is -0.614 e. The SMILES string of the molecule is CC1=C(C(=O)O)N2C(=O)C(NC(=O)c3ccccc3)[C@@H]2[S+]([O-])C1. The Balaban J connectivity index is 1.82. The number of rotatable bonds is 3. The highest BCUT2D eigenvalue weighted by Crippen LogP contribution is 2.36. The van der Waals surface area contributed by atoms with E-state index >= 15 is 0 Å². The highest BCUT2D eigenvalue weighted by atomic mass is 32.2. The van der Waals surface area contributed by atoms with E-state index in [1.165, 1.54) is 0 Å². The summed E-state index contributed by atoms with van der Waals surface area (Å²) in [6.45, 7) is 1.54. The number of nitrogens with zero attached hydrogens (tertiary/aromatic N) is 1. The number of hydrogen-bond donors (Lipinski definition) is 2. The van der Waals surface area contributed by atoms with E-state index in [1.807, 2.05) is 0 Å². The van der Waals surface area contributed by atoms with Crippen molar-refractivity contribution in [3.8, 4) is 0 Å². The van der Waals surface area contributed by atoms with Gasteiger partial charge in [0.15, 0.2) is 6.04 Å². The van der Waals surface area contributed by atoms with Crippen LogP contribution in [0.2, 0.25) is 0 Å². The average Bonchev–Trinajstić information content (AvgIpc) is 2.52. The molecule has 23 heavy (non-hydrogen) atoms. The van der Waals surface area contributed by atoms with Crippen LogP contribution in [0.1, 0.15) is 17.3 Å². The van der Waals surface area contributed by atoms with Crippen molar-refractivity contribution in [3.63, 3.8) is 0 Å². The Labute approximate surface area is 135 Å². The lowest BCUT2D eigenvalue weighted by atomic mass is 10.0. The first kappa shape index (κ1) is 15.6. The molecule has 1 aromatic rings. The normalized spacial score (nSPS) is 26.4. The molecular weight excluding hydrogens is 320 g/mol. The summed E-state index contributed by atoms with van der Waals surface area (Å²) in [6, 6.07) is 7.37. The number of carbonyl (C=O) groups excluding carboxylic acids is 2. The van der Waals surface area contributed by atoms with E-state index in [0.717, 1.165) is 4.90 Å². The van der Waals surface area contributed by atoms with E-state index in [9.17, 15) is 24.0 Å². The molecular formula is C15H14N2O5S. The third-order valence-corrected chi connectivity index (χ3v) is 5.58. The number of carboxylic acids is 1. The fourth-order valence-electron chi connectivity index (χ4n) is 2.78. The van der Waals surface area contributed by atoms with Gasteiger partial charge in [-0.1, -0.05) is 18.2 Å². The third kappa shape index (κ3) is 2.49. The first-order chi connectivity index (χ1) is 10.9. The van der Waals surface area contributed by atoms with Gasteiger partial charge in [0.2, 0.25) is 5.37 Å². The molecule has 0 bridgehead atoms. The summed E-state index contributed by atoms with van der Waals surface area (Å²) in [4.78, 5) is 36.7. The zero-order valence-corrected chi connectivity index (χ0v) is 13.0. The number of carboxylic acid groups (broad SMARTS) is 1. The van der Waals surface area contributed by atoms with Crippen molar-refractivity contribution in [2.75, 3.05) is 5.75 Å². The van der Waals surface area contributed by atoms with Gasteiger partial charge in [-0.05, 0) is 30.2 Å². The third-order valence-electron chi connectivity index (χ3n) is 3.84. The van der Waals surface area contributed by atoms with E-state index in [-0.39, 0.29) is 11.4 Å². The number of aliphatic carboxylic acids is 1. The summed E-state index contributed by atoms with van der Waals surface area (Å²) >= 11 is -1.45. The minimum atomic E-state index is -1.45. The molecule has 2 unspecified atom stereocenters. The van der Waals surface area contributed by atoms with Crippen molar-refractivity contribution in [2.24, 2.45) is 0 Å². The molecule has 2 aliphatic rings. The highest BCUT2D eigenvalue weighted by molar-refractivity contribution is 7.92. The number of amides is 2.